The van der Waals surface area contributed by atoms with E-state index in [0.29, 0.717) is 12.5 Å². The minimum atomic E-state index is 0.526. The molecule has 0 saturated carbocycles. The molecule has 3 aromatic rings. The summed E-state index contributed by atoms with van der Waals surface area (Å²) < 4.78 is 11.0. The Balaban J connectivity index is 1.74. The molecular formula is C16H13NO2. The Bertz CT molecular complexity index is 633. The van der Waals surface area contributed by atoms with Crippen molar-refractivity contribution in [2.45, 2.75) is 6.61 Å². The second-order valence-corrected chi connectivity index (χ2v) is 4.14. The third-order valence-electron chi connectivity index (χ3n) is 2.75. The molecule has 1 heterocycles. The molecule has 0 atom stereocenters. The first kappa shape index (κ1) is 11.5. The molecule has 0 bridgehead atoms. The predicted molar refractivity (Wildman–Crippen MR) is 72.7 cm³/mol. The SMILES string of the molecule is c1ccc(OCc2cccc(-c3ncco3)c2)cc1. The molecular weight excluding hydrogens is 238 g/mol. The zero-order chi connectivity index (χ0) is 12.9. The highest BCUT2D eigenvalue weighted by Crippen LogP contribution is 2.19. The van der Waals surface area contributed by atoms with Crippen molar-refractivity contribution in [3.05, 3.63) is 72.6 Å². The Kier molecular flexibility index (Phi) is 3.28. The van der Waals surface area contributed by atoms with Gasteiger partial charge in [-0.05, 0) is 29.8 Å². The molecule has 2 aromatic carbocycles. The largest absolute Gasteiger partial charge is 0.489 e. The van der Waals surface area contributed by atoms with Gasteiger partial charge in [0.1, 0.15) is 18.6 Å². The second-order valence-electron chi connectivity index (χ2n) is 4.14. The van der Waals surface area contributed by atoms with Gasteiger partial charge in [-0.15, -0.1) is 0 Å². The van der Waals surface area contributed by atoms with Crippen LogP contribution in [0.3, 0.4) is 0 Å². The van der Waals surface area contributed by atoms with E-state index in [9.17, 15) is 0 Å². The van der Waals surface area contributed by atoms with Crippen molar-refractivity contribution in [1.29, 1.82) is 0 Å². The van der Waals surface area contributed by atoms with Crippen molar-refractivity contribution in [3.63, 3.8) is 0 Å². The maximum Gasteiger partial charge on any atom is 0.225 e. The van der Waals surface area contributed by atoms with Crippen molar-refractivity contribution in [2.75, 3.05) is 0 Å². The number of nitrogens with zero attached hydrogens (tertiary/aromatic N) is 1. The maximum absolute atomic E-state index is 5.71. The first-order valence-electron chi connectivity index (χ1n) is 6.08. The number of benzene rings is 2. The lowest BCUT2D eigenvalue weighted by Gasteiger charge is -2.06. The summed E-state index contributed by atoms with van der Waals surface area (Å²) >= 11 is 0. The van der Waals surface area contributed by atoms with Gasteiger partial charge in [0, 0.05) is 5.56 Å². The average Bonchev–Trinajstić information content (AvgIpc) is 3.01. The van der Waals surface area contributed by atoms with Crippen LogP contribution in [0.1, 0.15) is 5.56 Å². The Morgan fingerprint density at radius 2 is 1.89 bits per heavy atom. The van der Waals surface area contributed by atoms with Gasteiger partial charge in [-0.25, -0.2) is 4.98 Å². The van der Waals surface area contributed by atoms with Crippen LogP contribution in [0.25, 0.3) is 11.5 Å². The first-order valence-corrected chi connectivity index (χ1v) is 6.08. The molecule has 1 aromatic heterocycles. The van der Waals surface area contributed by atoms with E-state index in [1.165, 1.54) is 0 Å². The molecule has 3 rings (SSSR count). The molecule has 19 heavy (non-hydrogen) atoms. The van der Waals surface area contributed by atoms with Crippen LogP contribution in [0.15, 0.2) is 71.5 Å². The summed E-state index contributed by atoms with van der Waals surface area (Å²) in [4.78, 5) is 4.14. The topological polar surface area (TPSA) is 35.3 Å². The van der Waals surface area contributed by atoms with Crippen molar-refractivity contribution in [3.8, 4) is 17.2 Å². The Hall–Kier alpha value is -2.55. The fourth-order valence-electron chi connectivity index (χ4n) is 1.84. The lowest BCUT2D eigenvalue weighted by atomic mass is 10.1. The zero-order valence-corrected chi connectivity index (χ0v) is 10.3. The molecule has 3 heteroatoms. The van der Waals surface area contributed by atoms with Gasteiger partial charge < -0.3 is 9.15 Å². The Morgan fingerprint density at radius 3 is 2.68 bits per heavy atom. The van der Waals surface area contributed by atoms with Gasteiger partial charge in [0.15, 0.2) is 0 Å². The van der Waals surface area contributed by atoms with Gasteiger partial charge in [0.25, 0.3) is 0 Å². The van der Waals surface area contributed by atoms with Crippen LogP contribution >= 0.6 is 0 Å². The van der Waals surface area contributed by atoms with Crippen LogP contribution in [0.2, 0.25) is 0 Å². The van der Waals surface area contributed by atoms with Gasteiger partial charge in [-0.1, -0.05) is 30.3 Å². The van der Waals surface area contributed by atoms with Gasteiger partial charge in [-0.3, -0.25) is 0 Å². The summed E-state index contributed by atoms with van der Waals surface area (Å²) in [5.74, 6) is 1.49. The van der Waals surface area contributed by atoms with Crippen LogP contribution in [-0.4, -0.2) is 4.98 Å². The molecule has 0 radical (unpaired) electrons. The molecule has 0 aliphatic carbocycles. The minimum absolute atomic E-state index is 0.526. The van der Waals surface area contributed by atoms with E-state index in [1.54, 1.807) is 12.5 Å². The summed E-state index contributed by atoms with van der Waals surface area (Å²) in [6, 6.07) is 17.8. The van der Waals surface area contributed by atoms with Gasteiger partial charge in [-0.2, -0.15) is 0 Å². The summed E-state index contributed by atoms with van der Waals surface area (Å²) in [6.07, 6.45) is 3.21. The van der Waals surface area contributed by atoms with E-state index in [2.05, 4.69) is 4.98 Å². The number of ether oxygens (including phenoxy) is 1. The number of oxazole rings is 1. The monoisotopic (exact) mass is 251 g/mol. The number of para-hydroxylation sites is 1. The zero-order valence-electron chi connectivity index (χ0n) is 10.3. The summed E-state index contributed by atoms with van der Waals surface area (Å²) in [5, 5.41) is 0. The summed E-state index contributed by atoms with van der Waals surface area (Å²) in [5.41, 5.74) is 2.04. The van der Waals surface area contributed by atoms with E-state index in [1.807, 2.05) is 54.6 Å². The quantitative estimate of drug-likeness (QED) is 0.705. The average molecular weight is 251 g/mol. The van der Waals surface area contributed by atoms with Crippen molar-refractivity contribution < 1.29 is 9.15 Å². The molecule has 3 nitrogen and oxygen atoms in total. The first-order chi connectivity index (χ1) is 9.42. The smallest absolute Gasteiger partial charge is 0.225 e. The molecule has 0 fully saturated rings. The molecule has 94 valence electrons. The Morgan fingerprint density at radius 1 is 1.00 bits per heavy atom. The Labute approximate surface area is 111 Å². The predicted octanol–water partition coefficient (Wildman–Crippen LogP) is 3.92. The van der Waals surface area contributed by atoms with Crippen LogP contribution in [0, 0.1) is 0 Å². The van der Waals surface area contributed by atoms with E-state index in [-0.39, 0.29) is 0 Å². The van der Waals surface area contributed by atoms with E-state index < -0.39 is 0 Å². The highest BCUT2D eigenvalue weighted by Gasteiger charge is 2.03. The molecule has 0 amide bonds. The number of aromatic nitrogens is 1. The van der Waals surface area contributed by atoms with Crippen LogP contribution in [-0.2, 0) is 6.61 Å². The molecule has 0 saturated heterocycles. The van der Waals surface area contributed by atoms with E-state index in [4.69, 9.17) is 9.15 Å². The number of hydrogen-bond acceptors (Lipinski definition) is 3. The summed E-state index contributed by atoms with van der Waals surface area (Å²) in [6.45, 7) is 0.526. The fourth-order valence-corrected chi connectivity index (χ4v) is 1.84. The number of hydrogen-bond donors (Lipinski definition) is 0. The van der Waals surface area contributed by atoms with Crippen molar-refractivity contribution in [2.24, 2.45) is 0 Å². The molecule has 0 aliphatic rings. The third-order valence-corrected chi connectivity index (χ3v) is 2.75. The standard InChI is InChI=1S/C16H13NO2/c1-2-7-15(8-3-1)19-12-13-5-4-6-14(11-13)16-17-9-10-18-16/h1-11H,12H2. The van der Waals surface area contributed by atoms with Crippen LogP contribution < -0.4 is 4.74 Å². The molecule has 0 N–H and O–H groups in total. The fraction of sp³-hybridized carbons (Fsp3) is 0.0625. The van der Waals surface area contributed by atoms with Gasteiger partial charge in [0.2, 0.25) is 5.89 Å². The van der Waals surface area contributed by atoms with Crippen LogP contribution in [0.5, 0.6) is 5.75 Å². The second kappa shape index (κ2) is 5.40. The number of rotatable bonds is 4. The lowest BCUT2D eigenvalue weighted by molar-refractivity contribution is 0.306. The third kappa shape index (κ3) is 2.83. The molecule has 0 aliphatic heterocycles. The summed E-state index contributed by atoms with van der Waals surface area (Å²) in [7, 11) is 0. The van der Waals surface area contributed by atoms with E-state index >= 15 is 0 Å². The van der Waals surface area contributed by atoms with Crippen LogP contribution in [0.4, 0.5) is 0 Å². The highest BCUT2D eigenvalue weighted by atomic mass is 16.5. The van der Waals surface area contributed by atoms with Crippen molar-refractivity contribution in [1.82, 2.24) is 4.98 Å². The van der Waals surface area contributed by atoms with E-state index in [0.717, 1.165) is 16.9 Å². The molecule has 0 spiro atoms. The normalized spacial score (nSPS) is 10.3. The highest BCUT2D eigenvalue weighted by molar-refractivity contribution is 5.53. The lowest BCUT2D eigenvalue weighted by Crippen LogP contribution is -1.95. The van der Waals surface area contributed by atoms with Crippen molar-refractivity contribution >= 4 is 0 Å². The van der Waals surface area contributed by atoms with Gasteiger partial charge >= 0.3 is 0 Å². The minimum Gasteiger partial charge on any atom is -0.489 e. The molecule has 0 unspecified atom stereocenters. The van der Waals surface area contributed by atoms with Gasteiger partial charge in [0.05, 0.1) is 6.20 Å². The maximum atomic E-state index is 5.71.